The van der Waals surface area contributed by atoms with Crippen LogP contribution in [0.15, 0.2) is 51.0 Å². The first-order valence-corrected chi connectivity index (χ1v) is 8.92. The van der Waals surface area contributed by atoms with E-state index in [4.69, 9.17) is 4.42 Å². The Balaban J connectivity index is 1.41. The molecule has 0 amide bonds. The first kappa shape index (κ1) is 16.0. The molecule has 1 aliphatic heterocycles. The molecule has 1 fully saturated rings. The van der Waals surface area contributed by atoms with Gasteiger partial charge in [-0.1, -0.05) is 18.2 Å². The summed E-state index contributed by atoms with van der Waals surface area (Å²) >= 11 is 1.48. The summed E-state index contributed by atoms with van der Waals surface area (Å²) in [5.74, 6) is -0.311. The molecule has 3 aromatic rings. The molecule has 0 unspecified atom stereocenters. The molecule has 0 atom stereocenters. The van der Waals surface area contributed by atoms with E-state index in [-0.39, 0.29) is 5.82 Å². The van der Waals surface area contributed by atoms with Crippen molar-refractivity contribution in [3.8, 4) is 10.8 Å². The highest BCUT2D eigenvalue weighted by atomic mass is 32.1. The number of aromatic nitrogens is 2. The van der Waals surface area contributed by atoms with Crippen LogP contribution < -0.4 is 10.7 Å². The maximum Gasteiger partial charge on any atom is 0.438 e. The van der Waals surface area contributed by atoms with Gasteiger partial charge in [0.2, 0.25) is 0 Å². The van der Waals surface area contributed by atoms with Gasteiger partial charge in [0.15, 0.2) is 0 Å². The normalized spacial score (nSPS) is 15.6. The van der Waals surface area contributed by atoms with Gasteiger partial charge in [0, 0.05) is 26.2 Å². The Morgan fingerprint density at radius 3 is 2.64 bits per heavy atom. The van der Waals surface area contributed by atoms with E-state index in [0.717, 1.165) is 18.0 Å². The van der Waals surface area contributed by atoms with Crippen molar-refractivity contribution in [2.24, 2.45) is 0 Å². The number of hydrogen-bond acceptors (Lipinski definition) is 6. The van der Waals surface area contributed by atoms with Crippen molar-refractivity contribution in [2.75, 3.05) is 31.1 Å². The molecule has 1 aliphatic rings. The maximum atomic E-state index is 13.9. The van der Waals surface area contributed by atoms with Gasteiger partial charge in [-0.15, -0.1) is 16.4 Å². The lowest BCUT2D eigenvalue weighted by atomic mass is 10.2. The quantitative estimate of drug-likeness (QED) is 0.715. The number of piperazine rings is 1. The van der Waals surface area contributed by atoms with E-state index in [0.29, 0.717) is 31.3 Å². The molecule has 0 N–H and O–H groups in total. The van der Waals surface area contributed by atoms with Crippen LogP contribution in [-0.4, -0.2) is 40.9 Å². The molecule has 8 heteroatoms. The molecule has 1 saturated heterocycles. The van der Waals surface area contributed by atoms with Gasteiger partial charge in [0.05, 0.1) is 10.6 Å². The summed E-state index contributed by atoms with van der Waals surface area (Å²) in [5, 5.41) is 6.18. The first-order chi connectivity index (χ1) is 12.2. The second-order valence-electron chi connectivity index (χ2n) is 5.85. The standard InChI is InChI=1S/C17H17FN4O2S/c18-13-4-1-2-5-14(13)21-9-7-20(8-10-21)12-22-17(23)24-16(19-22)15-6-3-11-25-15/h1-6,11H,7-10,12H2. The fraction of sp³-hybridized carbons (Fsp3) is 0.294. The Hall–Kier alpha value is -2.45. The summed E-state index contributed by atoms with van der Waals surface area (Å²) < 4.78 is 20.5. The van der Waals surface area contributed by atoms with Gasteiger partial charge >= 0.3 is 5.76 Å². The molecule has 0 bridgehead atoms. The Morgan fingerprint density at radius 1 is 1.12 bits per heavy atom. The molecular weight excluding hydrogens is 343 g/mol. The molecule has 0 radical (unpaired) electrons. The van der Waals surface area contributed by atoms with E-state index in [1.165, 1.54) is 22.1 Å². The summed E-state index contributed by atoms with van der Waals surface area (Å²) in [7, 11) is 0. The van der Waals surface area contributed by atoms with E-state index >= 15 is 0 Å². The summed E-state index contributed by atoms with van der Waals surface area (Å²) in [5.41, 5.74) is 0.626. The highest BCUT2D eigenvalue weighted by Crippen LogP contribution is 2.22. The predicted molar refractivity (Wildman–Crippen MR) is 94.3 cm³/mol. The Morgan fingerprint density at radius 2 is 1.92 bits per heavy atom. The Labute approximate surface area is 147 Å². The lowest BCUT2D eigenvalue weighted by Gasteiger charge is -2.35. The van der Waals surface area contributed by atoms with Crippen molar-refractivity contribution < 1.29 is 8.81 Å². The average Bonchev–Trinajstić information content (AvgIpc) is 3.27. The molecule has 130 valence electrons. The fourth-order valence-corrected chi connectivity index (χ4v) is 3.57. The third kappa shape index (κ3) is 3.35. The number of anilines is 1. The zero-order valence-electron chi connectivity index (χ0n) is 13.5. The van der Waals surface area contributed by atoms with Gasteiger partial charge in [-0.25, -0.2) is 9.18 Å². The second-order valence-corrected chi connectivity index (χ2v) is 6.80. The number of thiophene rings is 1. The van der Waals surface area contributed by atoms with Crippen LogP contribution in [0.1, 0.15) is 0 Å². The molecule has 3 heterocycles. The zero-order valence-corrected chi connectivity index (χ0v) is 14.3. The zero-order chi connectivity index (χ0) is 17.2. The van der Waals surface area contributed by atoms with E-state index in [1.807, 2.05) is 28.5 Å². The maximum absolute atomic E-state index is 13.9. The molecule has 2 aromatic heterocycles. The average molecular weight is 360 g/mol. The third-order valence-corrected chi connectivity index (χ3v) is 5.10. The third-order valence-electron chi connectivity index (χ3n) is 4.24. The van der Waals surface area contributed by atoms with Gasteiger partial charge in [-0.2, -0.15) is 4.68 Å². The largest absolute Gasteiger partial charge is 0.438 e. The van der Waals surface area contributed by atoms with Gasteiger partial charge in [-0.3, -0.25) is 4.90 Å². The van der Waals surface area contributed by atoms with Crippen LogP contribution in [0.2, 0.25) is 0 Å². The minimum atomic E-state index is -0.458. The van der Waals surface area contributed by atoms with Crippen molar-refractivity contribution in [3.63, 3.8) is 0 Å². The molecule has 25 heavy (non-hydrogen) atoms. The molecule has 6 nitrogen and oxygen atoms in total. The predicted octanol–water partition coefficient (Wildman–Crippen LogP) is 2.48. The molecule has 0 saturated carbocycles. The van der Waals surface area contributed by atoms with Crippen LogP contribution in [-0.2, 0) is 6.67 Å². The topological polar surface area (TPSA) is 54.5 Å². The second kappa shape index (κ2) is 6.81. The highest BCUT2D eigenvalue weighted by Gasteiger charge is 2.21. The van der Waals surface area contributed by atoms with Crippen LogP contribution >= 0.6 is 11.3 Å². The van der Waals surface area contributed by atoms with Crippen LogP contribution in [0.4, 0.5) is 10.1 Å². The SMILES string of the molecule is O=c1oc(-c2cccs2)nn1CN1CCN(c2ccccc2F)CC1. The Bertz CT molecular complexity index is 898. The van der Waals surface area contributed by atoms with E-state index in [9.17, 15) is 9.18 Å². The number of para-hydroxylation sites is 1. The lowest BCUT2D eigenvalue weighted by Crippen LogP contribution is -2.48. The Kier molecular flexibility index (Phi) is 4.37. The number of benzene rings is 1. The summed E-state index contributed by atoms with van der Waals surface area (Å²) in [6.45, 7) is 3.22. The van der Waals surface area contributed by atoms with Crippen molar-refractivity contribution in [3.05, 3.63) is 58.1 Å². The van der Waals surface area contributed by atoms with Crippen molar-refractivity contribution >= 4 is 17.0 Å². The number of halogens is 1. The first-order valence-electron chi connectivity index (χ1n) is 8.04. The number of rotatable bonds is 4. The van der Waals surface area contributed by atoms with Crippen molar-refractivity contribution in [1.82, 2.24) is 14.7 Å². The van der Waals surface area contributed by atoms with Crippen molar-refractivity contribution in [1.29, 1.82) is 0 Å². The number of hydrogen-bond donors (Lipinski definition) is 0. The summed E-state index contributed by atoms with van der Waals surface area (Å²) in [6.07, 6.45) is 0. The summed E-state index contributed by atoms with van der Waals surface area (Å²) in [6, 6.07) is 10.6. The van der Waals surface area contributed by atoms with Crippen LogP contribution in [0.25, 0.3) is 10.8 Å². The van der Waals surface area contributed by atoms with E-state index in [2.05, 4.69) is 10.00 Å². The summed E-state index contributed by atoms with van der Waals surface area (Å²) in [4.78, 5) is 17.0. The van der Waals surface area contributed by atoms with Crippen LogP contribution in [0.3, 0.4) is 0 Å². The van der Waals surface area contributed by atoms with Gasteiger partial charge in [0.1, 0.15) is 12.5 Å². The molecule has 0 spiro atoms. The van der Waals surface area contributed by atoms with Gasteiger partial charge in [0.25, 0.3) is 5.89 Å². The number of nitrogens with zero attached hydrogens (tertiary/aromatic N) is 4. The molecule has 4 rings (SSSR count). The smallest absolute Gasteiger partial charge is 0.387 e. The van der Waals surface area contributed by atoms with Crippen LogP contribution in [0, 0.1) is 5.82 Å². The van der Waals surface area contributed by atoms with Gasteiger partial charge < -0.3 is 9.32 Å². The lowest BCUT2D eigenvalue weighted by molar-refractivity contribution is 0.189. The van der Waals surface area contributed by atoms with Gasteiger partial charge in [-0.05, 0) is 23.6 Å². The molecule has 0 aliphatic carbocycles. The van der Waals surface area contributed by atoms with Crippen LogP contribution in [0.5, 0.6) is 0 Å². The minimum absolute atomic E-state index is 0.204. The molecule has 1 aromatic carbocycles. The highest BCUT2D eigenvalue weighted by molar-refractivity contribution is 7.13. The van der Waals surface area contributed by atoms with E-state index in [1.54, 1.807) is 12.1 Å². The molecular formula is C17H17FN4O2S. The van der Waals surface area contributed by atoms with Crippen molar-refractivity contribution in [2.45, 2.75) is 6.67 Å². The van der Waals surface area contributed by atoms with E-state index < -0.39 is 5.76 Å². The minimum Gasteiger partial charge on any atom is -0.387 e. The monoisotopic (exact) mass is 360 g/mol. The fourth-order valence-electron chi connectivity index (χ4n) is 2.92.